The molecular weight excluding hydrogens is 495 g/mol. The molecule has 4 aliphatic rings. The van der Waals surface area contributed by atoms with Gasteiger partial charge in [-0.25, -0.2) is 4.39 Å². The van der Waals surface area contributed by atoms with Crippen LogP contribution >= 0.6 is 0 Å². The van der Waals surface area contributed by atoms with Gasteiger partial charge >= 0.3 is 0 Å². The molecule has 204 valence electrons. The monoisotopic (exact) mass is 530 g/mol. The molecule has 2 fully saturated rings. The number of hydrogen-bond donors (Lipinski definition) is 1. The van der Waals surface area contributed by atoms with Gasteiger partial charge in [0.15, 0.2) is 0 Å². The van der Waals surface area contributed by atoms with Gasteiger partial charge in [0, 0.05) is 57.8 Å². The molecule has 1 unspecified atom stereocenters. The van der Waals surface area contributed by atoms with Crippen molar-refractivity contribution < 1.29 is 18.8 Å². The third-order valence-electron chi connectivity index (χ3n) is 8.65. The molecule has 0 saturated carbocycles. The molecule has 0 radical (unpaired) electrons. The van der Waals surface area contributed by atoms with Gasteiger partial charge in [-0.3, -0.25) is 29.5 Å². The third-order valence-corrected chi connectivity index (χ3v) is 8.65. The Labute approximate surface area is 228 Å². The Morgan fingerprint density at radius 2 is 1.56 bits per heavy atom. The smallest absolute Gasteiger partial charge is 0.255 e. The fourth-order valence-electron chi connectivity index (χ4n) is 6.48. The van der Waals surface area contributed by atoms with E-state index in [0.29, 0.717) is 18.5 Å². The van der Waals surface area contributed by atoms with Crippen LogP contribution in [0.3, 0.4) is 0 Å². The van der Waals surface area contributed by atoms with E-state index in [2.05, 4.69) is 21.2 Å². The average molecular weight is 531 g/mol. The number of carbonyl (C=O) groups excluding carboxylic acids is 3. The minimum atomic E-state index is -0.582. The molecule has 0 bridgehead atoms. The summed E-state index contributed by atoms with van der Waals surface area (Å²) in [5, 5.41) is 2.36. The van der Waals surface area contributed by atoms with E-state index in [1.165, 1.54) is 24.0 Å². The Balaban J connectivity index is 1.05. The van der Waals surface area contributed by atoms with Crippen LogP contribution in [-0.2, 0) is 22.7 Å². The predicted molar refractivity (Wildman–Crippen MR) is 146 cm³/mol. The van der Waals surface area contributed by atoms with E-state index in [0.717, 1.165) is 68.8 Å². The van der Waals surface area contributed by atoms with Crippen LogP contribution in [0.25, 0.3) is 5.57 Å². The molecule has 7 nitrogen and oxygen atoms in total. The van der Waals surface area contributed by atoms with E-state index in [-0.39, 0.29) is 30.0 Å². The van der Waals surface area contributed by atoms with Gasteiger partial charge in [-0.15, -0.1) is 0 Å². The Morgan fingerprint density at radius 1 is 0.846 bits per heavy atom. The molecule has 0 spiro atoms. The van der Waals surface area contributed by atoms with Crippen molar-refractivity contribution in [2.45, 2.75) is 57.7 Å². The Kier molecular flexibility index (Phi) is 7.32. The molecule has 1 aliphatic carbocycles. The van der Waals surface area contributed by atoms with E-state index in [9.17, 15) is 18.8 Å². The molecule has 2 saturated heterocycles. The van der Waals surface area contributed by atoms with Crippen molar-refractivity contribution in [3.05, 3.63) is 76.1 Å². The van der Waals surface area contributed by atoms with E-state index >= 15 is 0 Å². The summed E-state index contributed by atoms with van der Waals surface area (Å²) < 4.78 is 13.4. The number of piperidine rings is 1. The fraction of sp³-hybridized carbons (Fsp3) is 0.452. The maximum atomic E-state index is 13.4. The van der Waals surface area contributed by atoms with Crippen molar-refractivity contribution in [3.63, 3.8) is 0 Å². The number of allylic oxidation sites excluding steroid dienone is 1. The number of benzene rings is 2. The normalized spacial score (nSPS) is 22.8. The highest BCUT2D eigenvalue weighted by Crippen LogP contribution is 2.33. The zero-order valence-corrected chi connectivity index (χ0v) is 22.3. The summed E-state index contributed by atoms with van der Waals surface area (Å²) in [6.07, 6.45) is 5.24. The lowest BCUT2D eigenvalue weighted by Crippen LogP contribution is -2.52. The van der Waals surface area contributed by atoms with Crippen molar-refractivity contribution in [2.24, 2.45) is 0 Å². The first-order valence-electron chi connectivity index (χ1n) is 14.1. The summed E-state index contributed by atoms with van der Waals surface area (Å²) in [4.78, 5) is 43.6. The number of fused-ring (bicyclic) bond motifs is 1. The molecule has 0 aromatic heterocycles. The average Bonchev–Trinajstić information content (AvgIpc) is 3.26. The molecule has 8 heteroatoms. The molecule has 1 atom stereocenters. The minimum Gasteiger partial charge on any atom is -0.322 e. The Morgan fingerprint density at radius 3 is 2.31 bits per heavy atom. The maximum absolute atomic E-state index is 13.4. The van der Waals surface area contributed by atoms with Crippen LogP contribution in [-0.4, -0.2) is 71.2 Å². The zero-order chi connectivity index (χ0) is 26.9. The first-order valence-corrected chi connectivity index (χ1v) is 14.1. The van der Waals surface area contributed by atoms with Crippen LogP contribution in [0.15, 0.2) is 48.0 Å². The van der Waals surface area contributed by atoms with E-state index < -0.39 is 6.04 Å². The van der Waals surface area contributed by atoms with E-state index in [1.54, 1.807) is 17.0 Å². The van der Waals surface area contributed by atoms with Crippen LogP contribution in [0.2, 0.25) is 0 Å². The van der Waals surface area contributed by atoms with Crippen LogP contribution in [0.4, 0.5) is 4.39 Å². The van der Waals surface area contributed by atoms with Gasteiger partial charge in [0.1, 0.15) is 11.9 Å². The van der Waals surface area contributed by atoms with Crippen molar-refractivity contribution in [1.82, 2.24) is 20.0 Å². The van der Waals surface area contributed by atoms with Gasteiger partial charge in [-0.05, 0) is 72.6 Å². The van der Waals surface area contributed by atoms with Crippen molar-refractivity contribution in [2.75, 3.05) is 32.7 Å². The van der Waals surface area contributed by atoms with Gasteiger partial charge < -0.3 is 4.90 Å². The highest BCUT2D eigenvalue weighted by molar-refractivity contribution is 6.05. The summed E-state index contributed by atoms with van der Waals surface area (Å²) in [7, 11) is 0. The fourth-order valence-corrected chi connectivity index (χ4v) is 6.48. The second-order valence-electron chi connectivity index (χ2n) is 11.2. The SMILES string of the molecule is O=C1CCC(N2Cc3ccc(CN4CCN(CC5=C(c6ccc(F)cc6)CCCC5)CC4)cc3C2=O)C(=O)N1. The molecular formula is C31H35FN4O3. The van der Waals surface area contributed by atoms with Crippen LogP contribution in [0.1, 0.15) is 65.6 Å². The predicted octanol–water partition coefficient (Wildman–Crippen LogP) is 3.73. The zero-order valence-electron chi connectivity index (χ0n) is 22.3. The maximum Gasteiger partial charge on any atom is 0.255 e. The summed E-state index contributed by atoms with van der Waals surface area (Å²) in [5.74, 6) is -0.957. The lowest BCUT2D eigenvalue weighted by atomic mass is 9.87. The first kappa shape index (κ1) is 25.9. The summed E-state index contributed by atoms with van der Waals surface area (Å²) in [5.41, 5.74) is 6.78. The number of amides is 3. The molecule has 39 heavy (non-hydrogen) atoms. The van der Waals surface area contributed by atoms with Crippen LogP contribution < -0.4 is 5.32 Å². The summed E-state index contributed by atoms with van der Waals surface area (Å²) in [6.45, 7) is 6.09. The topological polar surface area (TPSA) is 73.0 Å². The third kappa shape index (κ3) is 5.54. The molecule has 2 aromatic carbocycles. The van der Waals surface area contributed by atoms with Crippen molar-refractivity contribution in [1.29, 1.82) is 0 Å². The molecule has 3 amide bonds. The molecule has 3 heterocycles. The number of rotatable bonds is 6. The van der Waals surface area contributed by atoms with Gasteiger partial charge in [0.25, 0.3) is 5.91 Å². The second-order valence-corrected chi connectivity index (χ2v) is 11.2. The second kappa shape index (κ2) is 11.0. The lowest BCUT2D eigenvalue weighted by molar-refractivity contribution is -0.136. The van der Waals surface area contributed by atoms with E-state index in [1.807, 2.05) is 24.3 Å². The summed E-state index contributed by atoms with van der Waals surface area (Å²) >= 11 is 0. The lowest BCUT2D eigenvalue weighted by Gasteiger charge is -2.36. The van der Waals surface area contributed by atoms with Crippen LogP contribution in [0.5, 0.6) is 0 Å². The number of imide groups is 1. The number of carbonyl (C=O) groups is 3. The first-order chi connectivity index (χ1) is 18.9. The molecule has 6 rings (SSSR count). The summed E-state index contributed by atoms with van der Waals surface area (Å²) in [6, 6.07) is 12.5. The Bertz CT molecular complexity index is 1310. The van der Waals surface area contributed by atoms with Gasteiger partial charge in [-0.2, -0.15) is 0 Å². The van der Waals surface area contributed by atoms with Crippen molar-refractivity contribution in [3.8, 4) is 0 Å². The highest BCUT2D eigenvalue weighted by Gasteiger charge is 2.39. The number of piperazine rings is 1. The van der Waals surface area contributed by atoms with Gasteiger partial charge in [0.2, 0.25) is 11.8 Å². The number of nitrogens with zero attached hydrogens (tertiary/aromatic N) is 3. The van der Waals surface area contributed by atoms with Gasteiger partial charge in [0.05, 0.1) is 0 Å². The number of halogens is 1. The van der Waals surface area contributed by atoms with Crippen molar-refractivity contribution >= 4 is 23.3 Å². The van der Waals surface area contributed by atoms with E-state index in [4.69, 9.17) is 0 Å². The quantitative estimate of drug-likeness (QED) is 0.577. The number of nitrogens with one attached hydrogen (secondary N) is 1. The largest absolute Gasteiger partial charge is 0.322 e. The molecule has 2 aromatic rings. The van der Waals surface area contributed by atoms with Crippen LogP contribution in [0, 0.1) is 5.82 Å². The molecule has 1 N–H and O–H groups in total. The highest BCUT2D eigenvalue weighted by atomic mass is 19.1. The molecule has 3 aliphatic heterocycles. The van der Waals surface area contributed by atoms with Gasteiger partial charge in [-0.1, -0.05) is 29.8 Å². The minimum absolute atomic E-state index is 0.121. The standard InChI is InChI=1S/C31H35FN4O3/c32-25-9-7-22(8-10-25)26-4-2-1-3-23(26)19-35-15-13-34(14-16-35)18-21-5-6-24-20-36(31(39)27(24)17-21)28-11-12-29(37)33-30(28)38/h5-10,17,28H,1-4,11-16,18-20H2,(H,33,37,38). The Hall–Kier alpha value is -3.36. The number of hydrogen-bond acceptors (Lipinski definition) is 5.